The lowest BCUT2D eigenvalue weighted by atomic mass is 10.0. The molecule has 32 heavy (non-hydrogen) atoms. The maximum Gasteiger partial charge on any atom is 0.261 e. The summed E-state index contributed by atoms with van der Waals surface area (Å²) in [6, 6.07) is 6.13. The fourth-order valence-corrected chi connectivity index (χ4v) is 3.57. The second kappa shape index (κ2) is 9.38. The first-order valence-electron chi connectivity index (χ1n) is 10.0. The molecule has 0 spiro atoms. The molecule has 8 heteroatoms. The number of pyridine rings is 1. The van der Waals surface area contributed by atoms with Gasteiger partial charge in [0, 0.05) is 11.7 Å². The van der Waals surface area contributed by atoms with Crippen LogP contribution in [0.15, 0.2) is 72.3 Å². The molecule has 3 aromatic rings. The summed E-state index contributed by atoms with van der Waals surface area (Å²) in [5.74, 6) is -0.0840. The van der Waals surface area contributed by atoms with Gasteiger partial charge in [-0.2, -0.15) is 0 Å². The number of allylic oxidation sites excluding steroid dienone is 4. The molecule has 0 unspecified atom stereocenters. The number of hydrogen-bond donors (Lipinski definition) is 3. The molecule has 0 saturated carbocycles. The first-order valence-corrected chi connectivity index (χ1v) is 10.0. The van der Waals surface area contributed by atoms with E-state index in [2.05, 4.69) is 28.4 Å². The van der Waals surface area contributed by atoms with Crippen LogP contribution in [0.25, 0.3) is 10.8 Å². The Kier molecular flexibility index (Phi) is 6.63. The quantitative estimate of drug-likeness (QED) is 0.362. The monoisotopic (exact) mass is 432 g/mol. The van der Waals surface area contributed by atoms with Gasteiger partial charge in [0.2, 0.25) is 0 Å². The summed E-state index contributed by atoms with van der Waals surface area (Å²) in [6.45, 7) is 11.3. The number of nitrogens with one attached hydrogen (secondary N) is 2. The van der Waals surface area contributed by atoms with E-state index in [4.69, 9.17) is 11.1 Å². The van der Waals surface area contributed by atoms with Gasteiger partial charge >= 0.3 is 0 Å². The Balaban J connectivity index is 2.07. The maximum atomic E-state index is 14.3. The number of nitrogen functional groups attached to an aromatic ring is 1. The van der Waals surface area contributed by atoms with Crippen molar-refractivity contribution in [3.63, 3.8) is 0 Å². The molecule has 0 saturated heterocycles. The van der Waals surface area contributed by atoms with E-state index in [0.29, 0.717) is 28.0 Å². The highest BCUT2D eigenvalue weighted by molar-refractivity contribution is 6.17. The third-order valence-electron chi connectivity index (χ3n) is 5.00. The molecule has 7 nitrogen and oxygen atoms in total. The van der Waals surface area contributed by atoms with Crippen molar-refractivity contribution in [2.24, 2.45) is 0 Å². The zero-order valence-corrected chi connectivity index (χ0v) is 18.0. The van der Waals surface area contributed by atoms with Gasteiger partial charge in [0.1, 0.15) is 23.8 Å². The summed E-state index contributed by atoms with van der Waals surface area (Å²) in [7, 11) is 0. The summed E-state index contributed by atoms with van der Waals surface area (Å²) in [4.78, 5) is 21.3. The lowest BCUT2D eigenvalue weighted by Gasteiger charge is -2.19. The predicted molar refractivity (Wildman–Crippen MR) is 128 cm³/mol. The number of halogens is 1. The molecule has 0 amide bonds. The van der Waals surface area contributed by atoms with Crippen molar-refractivity contribution in [2.75, 3.05) is 11.1 Å². The molecule has 4 N–H and O–H groups in total. The predicted octanol–water partition coefficient (Wildman–Crippen LogP) is 4.37. The van der Waals surface area contributed by atoms with E-state index in [0.717, 1.165) is 0 Å². The van der Waals surface area contributed by atoms with E-state index in [-0.39, 0.29) is 29.5 Å². The highest BCUT2D eigenvalue weighted by Crippen LogP contribution is 2.24. The average Bonchev–Trinajstić information content (AvgIpc) is 2.75. The van der Waals surface area contributed by atoms with Crippen molar-refractivity contribution in [1.82, 2.24) is 14.5 Å². The first kappa shape index (κ1) is 22.6. The van der Waals surface area contributed by atoms with E-state index in [9.17, 15) is 9.18 Å². The molecule has 164 valence electrons. The molecule has 0 aliphatic carbocycles. The van der Waals surface area contributed by atoms with Crippen LogP contribution in [0.1, 0.15) is 31.1 Å². The lowest BCUT2D eigenvalue weighted by Crippen LogP contribution is -2.27. The number of nitrogens with two attached hydrogens (primary N) is 1. The average molecular weight is 433 g/mol. The van der Waals surface area contributed by atoms with Gasteiger partial charge < -0.3 is 15.6 Å². The zero-order valence-electron chi connectivity index (χ0n) is 18.0. The third-order valence-corrected chi connectivity index (χ3v) is 5.00. The van der Waals surface area contributed by atoms with Crippen LogP contribution in [0.5, 0.6) is 0 Å². The maximum absolute atomic E-state index is 14.3. The van der Waals surface area contributed by atoms with Crippen LogP contribution < -0.4 is 16.6 Å². The zero-order chi connectivity index (χ0) is 23.4. The number of hydrogen-bond acceptors (Lipinski definition) is 6. The van der Waals surface area contributed by atoms with Crippen molar-refractivity contribution in [1.29, 1.82) is 5.41 Å². The lowest BCUT2D eigenvalue weighted by molar-refractivity contribution is 0.555. The standard InChI is InChI=1S/C24H25FN6O/c1-5-8-15(6-2)21(26)20-22(27)29-13-30-23(20)28-12-17-11-16-9-7-10-18(25)19(16)24(32)31(17)14(3)4/h5-11,13-14,26H,1-2,12H2,3-4H3,(H3,27,28,29,30)/b15-8+,26-21?. The Morgan fingerprint density at radius 1 is 1.34 bits per heavy atom. The fraction of sp³-hybridized carbons (Fsp3) is 0.167. The van der Waals surface area contributed by atoms with Crippen molar-refractivity contribution in [3.8, 4) is 0 Å². The van der Waals surface area contributed by atoms with Crippen molar-refractivity contribution in [2.45, 2.75) is 26.4 Å². The van der Waals surface area contributed by atoms with E-state index < -0.39 is 11.4 Å². The van der Waals surface area contributed by atoms with Crippen LogP contribution in [-0.2, 0) is 6.54 Å². The number of fused-ring (bicyclic) bond motifs is 1. The molecule has 1 aromatic carbocycles. The van der Waals surface area contributed by atoms with Gasteiger partial charge in [0.15, 0.2) is 0 Å². The van der Waals surface area contributed by atoms with Crippen molar-refractivity contribution in [3.05, 3.63) is 95.0 Å². The van der Waals surface area contributed by atoms with Crippen LogP contribution in [0.3, 0.4) is 0 Å². The van der Waals surface area contributed by atoms with E-state index >= 15 is 0 Å². The Hall–Kier alpha value is -4.07. The molecular formula is C24H25FN6O. The number of benzene rings is 1. The highest BCUT2D eigenvalue weighted by Gasteiger charge is 2.18. The first-order chi connectivity index (χ1) is 15.3. The molecular weight excluding hydrogens is 407 g/mol. The van der Waals surface area contributed by atoms with Gasteiger partial charge in [-0.1, -0.05) is 43.5 Å². The molecule has 2 aromatic heterocycles. The van der Waals surface area contributed by atoms with E-state index in [1.807, 2.05) is 13.8 Å². The minimum absolute atomic E-state index is 0.0592. The Morgan fingerprint density at radius 2 is 2.09 bits per heavy atom. The van der Waals surface area contributed by atoms with E-state index in [1.54, 1.807) is 34.9 Å². The smallest absolute Gasteiger partial charge is 0.261 e. The van der Waals surface area contributed by atoms with Crippen LogP contribution in [0.4, 0.5) is 16.0 Å². The second-order valence-corrected chi connectivity index (χ2v) is 7.38. The number of anilines is 2. The third kappa shape index (κ3) is 4.20. The van der Waals surface area contributed by atoms with Gasteiger partial charge in [-0.3, -0.25) is 10.2 Å². The molecule has 3 rings (SSSR count). The van der Waals surface area contributed by atoms with Gasteiger partial charge in [0.05, 0.1) is 23.2 Å². The molecule has 2 heterocycles. The summed E-state index contributed by atoms with van der Waals surface area (Å²) >= 11 is 0. The van der Waals surface area contributed by atoms with Crippen LogP contribution in [-0.4, -0.2) is 20.2 Å². The van der Waals surface area contributed by atoms with Gasteiger partial charge in [-0.15, -0.1) is 0 Å². The number of aromatic nitrogens is 3. The summed E-state index contributed by atoms with van der Waals surface area (Å²) in [5, 5.41) is 12.3. The number of rotatable bonds is 8. The molecule has 0 radical (unpaired) electrons. The Labute approximate surface area is 185 Å². The summed E-state index contributed by atoms with van der Waals surface area (Å²) in [5.41, 5.74) is 7.20. The van der Waals surface area contributed by atoms with Gasteiger partial charge in [-0.05, 0) is 36.9 Å². The summed E-state index contributed by atoms with van der Waals surface area (Å²) in [6.07, 6.45) is 6.01. The van der Waals surface area contributed by atoms with Crippen LogP contribution in [0, 0.1) is 11.2 Å². The van der Waals surface area contributed by atoms with Crippen molar-refractivity contribution >= 4 is 28.1 Å². The minimum Gasteiger partial charge on any atom is -0.383 e. The van der Waals surface area contributed by atoms with Gasteiger partial charge in [-0.25, -0.2) is 14.4 Å². The molecule has 0 atom stereocenters. The topological polar surface area (TPSA) is 110 Å². The van der Waals surface area contributed by atoms with Crippen molar-refractivity contribution < 1.29 is 4.39 Å². The molecule has 0 aliphatic heterocycles. The SMILES string of the molecule is C=C/C=C(\C=C)C(=N)c1c(N)ncnc1NCc1cc2cccc(F)c2c(=O)n1C(C)C. The molecule has 0 aliphatic rings. The fourth-order valence-electron chi connectivity index (χ4n) is 3.57. The van der Waals surface area contributed by atoms with Gasteiger partial charge in [0.25, 0.3) is 5.56 Å². The normalized spacial score (nSPS) is 11.6. The summed E-state index contributed by atoms with van der Waals surface area (Å²) < 4.78 is 15.9. The van der Waals surface area contributed by atoms with Crippen LogP contribution >= 0.6 is 0 Å². The second-order valence-electron chi connectivity index (χ2n) is 7.38. The Morgan fingerprint density at radius 3 is 2.75 bits per heavy atom. The number of nitrogens with zero attached hydrogens (tertiary/aromatic N) is 3. The molecule has 0 fully saturated rings. The van der Waals surface area contributed by atoms with Crippen LogP contribution in [0.2, 0.25) is 0 Å². The Bertz CT molecular complexity index is 1310. The molecule has 0 bridgehead atoms. The largest absolute Gasteiger partial charge is 0.383 e. The van der Waals surface area contributed by atoms with E-state index in [1.165, 1.54) is 18.5 Å². The minimum atomic E-state index is -0.549. The highest BCUT2D eigenvalue weighted by atomic mass is 19.1.